The molecule has 1 fully saturated rings. The van der Waals surface area contributed by atoms with Crippen LogP contribution in [0.25, 0.3) is 0 Å². The third kappa shape index (κ3) is 5.81. The van der Waals surface area contributed by atoms with E-state index in [1.807, 2.05) is 26.0 Å². The fraction of sp³-hybridized carbons (Fsp3) is 0.435. The zero-order chi connectivity index (χ0) is 19.9. The Labute approximate surface area is 167 Å². The first-order valence-corrected chi connectivity index (χ1v) is 9.91. The number of morpholine rings is 1. The van der Waals surface area contributed by atoms with E-state index in [9.17, 15) is 4.79 Å². The molecule has 5 heteroatoms. The predicted molar refractivity (Wildman–Crippen MR) is 110 cm³/mol. The molecule has 0 aliphatic carbocycles. The summed E-state index contributed by atoms with van der Waals surface area (Å²) in [6.07, 6.45) is -0.540. The maximum atomic E-state index is 12.4. The van der Waals surface area contributed by atoms with Gasteiger partial charge in [-0.2, -0.15) is 0 Å². The first-order valence-electron chi connectivity index (χ1n) is 9.91. The summed E-state index contributed by atoms with van der Waals surface area (Å²) >= 11 is 0. The van der Waals surface area contributed by atoms with E-state index in [0.717, 1.165) is 49.7 Å². The van der Waals surface area contributed by atoms with E-state index >= 15 is 0 Å². The number of hydrogen-bond acceptors (Lipinski definition) is 4. The monoisotopic (exact) mass is 382 g/mol. The van der Waals surface area contributed by atoms with Gasteiger partial charge in [0.25, 0.3) is 5.91 Å². The van der Waals surface area contributed by atoms with Gasteiger partial charge < -0.3 is 14.8 Å². The van der Waals surface area contributed by atoms with Gasteiger partial charge in [-0.05, 0) is 43.5 Å². The van der Waals surface area contributed by atoms with E-state index in [2.05, 4.69) is 40.5 Å². The maximum absolute atomic E-state index is 12.4. The summed E-state index contributed by atoms with van der Waals surface area (Å²) in [5.41, 5.74) is 4.58. The first kappa shape index (κ1) is 20.4. The van der Waals surface area contributed by atoms with E-state index in [-0.39, 0.29) is 5.91 Å². The highest BCUT2D eigenvalue weighted by molar-refractivity contribution is 5.80. The molecule has 28 heavy (non-hydrogen) atoms. The van der Waals surface area contributed by atoms with Gasteiger partial charge in [0.2, 0.25) is 0 Å². The second-order valence-electron chi connectivity index (χ2n) is 7.45. The van der Waals surface area contributed by atoms with E-state index in [0.29, 0.717) is 6.54 Å². The summed E-state index contributed by atoms with van der Waals surface area (Å²) in [5, 5.41) is 2.96. The molecule has 1 atom stereocenters. The number of nitrogens with one attached hydrogen (secondary N) is 1. The number of ether oxygens (including phenoxy) is 2. The minimum atomic E-state index is -0.540. The van der Waals surface area contributed by atoms with Crippen molar-refractivity contribution in [2.45, 2.75) is 40.0 Å². The van der Waals surface area contributed by atoms with Crippen molar-refractivity contribution in [1.82, 2.24) is 10.2 Å². The summed E-state index contributed by atoms with van der Waals surface area (Å²) in [4.78, 5) is 14.8. The lowest BCUT2D eigenvalue weighted by atomic mass is 10.1. The molecular weight excluding hydrogens is 352 g/mol. The standard InChI is InChI=1S/C23H30N2O3/c1-17-4-9-22(18(2)14-17)28-19(3)23(26)24-15-20-5-7-21(8-6-20)16-25-10-12-27-13-11-25/h4-9,14,19H,10-13,15-16H2,1-3H3,(H,24,26). The Kier molecular flexibility index (Phi) is 7.06. The Hall–Kier alpha value is -2.37. The average molecular weight is 383 g/mol. The number of nitrogens with zero attached hydrogens (tertiary/aromatic N) is 1. The summed E-state index contributed by atoms with van der Waals surface area (Å²) in [6.45, 7) is 10.8. The molecule has 0 radical (unpaired) electrons. The second kappa shape index (κ2) is 9.71. The van der Waals surface area contributed by atoms with Gasteiger partial charge >= 0.3 is 0 Å². The van der Waals surface area contributed by atoms with Crippen molar-refractivity contribution >= 4 is 5.91 Å². The lowest BCUT2D eigenvalue weighted by Gasteiger charge is -2.26. The van der Waals surface area contributed by atoms with Gasteiger partial charge in [0, 0.05) is 26.2 Å². The molecule has 0 spiro atoms. The highest BCUT2D eigenvalue weighted by Crippen LogP contribution is 2.20. The van der Waals surface area contributed by atoms with Crippen LogP contribution in [0.1, 0.15) is 29.2 Å². The summed E-state index contributed by atoms with van der Waals surface area (Å²) in [7, 11) is 0. The smallest absolute Gasteiger partial charge is 0.261 e. The minimum Gasteiger partial charge on any atom is -0.481 e. The van der Waals surface area contributed by atoms with Crippen LogP contribution in [0.3, 0.4) is 0 Å². The molecule has 1 heterocycles. The molecule has 1 amide bonds. The summed E-state index contributed by atoms with van der Waals surface area (Å²) in [5.74, 6) is 0.637. The van der Waals surface area contributed by atoms with Gasteiger partial charge in [-0.1, -0.05) is 42.0 Å². The van der Waals surface area contributed by atoms with Crippen molar-refractivity contribution in [3.05, 3.63) is 64.7 Å². The van der Waals surface area contributed by atoms with Crippen molar-refractivity contribution < 1.29 is 14.3 Å². The number of hydrogen-bond donors (Lipinski definition) is 1. The van der Waals surface area contributed by atoms with Crippen molar-refractivity contribution in [2.24, 2.45) is 0 Å². The van der Waals surface area contributed by atoms with E-state index in [1.165, 1.54) is 11.1 Å². The molecule has 5 nitrogen and oxygen atoms in total. The number of benzene rings is 2. The van der Waals surface area contributed by atoms with Crippen LogP contribution in [0.2, 0.25) is 0 Å². The van der Waals surface area contributed by atoms with Crippen LogP contribution in [0.5, 0.6) is 5.75 Å². The molecule has 0 bridgehead atoms. The van der Waals surface area contributed by atoms with Gasteiger partial charge in [0.1, 0.15) is 5.75 Å². The molecule has 1 N–H and O–H groups in total. The molecule has 1 saturated heterocycles. The number of aryl methyl sites for hydroxylation is 2. The highest BCUT2D eigenvalue weighted by Gasteiger charge is 2.15. The van der Waals surface area contributed by atoms with Crippen LogP contribution in [0.15, 0.2) is 42.5 Å². The largest absolute Gasteiger partial charge is 0.481 e. The van der Waals surface area contributed by atoms with Gasteiger partial charge in [-0.15, -0.1) is 0 Å². The van der Waals surface area contributed by atoms with Crippen LogP contribution in [-0.4, -0.2) is 43.2 Å². The van der Waals surface area contributed by atoms with Crippen LogP contribution < -0.4 is 10.1 Å². The topological polar surface area (TPSA) is 50.8 Å². The molecule has 1 aliphatic rings. The molecule has 1 aliphatic heterocycles. The Morgan fingerprint density at radius 1 is 1.11 bits per heavy atom. The van der Waals surface area contributed by atoms with E-state index in [4.69, 9.17) is 9.47 Å². The number of rotatable bonds is 7. The van der Waals surface area contributed by atoms with Gasteiger partial charge in [0.05, 0.1) is 13.2 Å². The Balaban J connectivity index is 1.46. The zero-order valence-corrected chi connectivity index (χ0v) is 17.0. The van der Waals surface area contributed by atoms with Crippen LogP contribution >= 0.6 is 0 Å². The number of carbonyl (C=O) groups is 1. The molecular formula is C23H30N2O3. The maximum Gasteiger partial charge on any atom is 0.261 e. The van der Waals surface area contributed by atoms with Crippen LogP contribution in [-0.2, 0) is 22.6 Å². The van der Waals surface area contributed by atoms with Crippen LogP contribution in [0, 0.1) is 13.8 Å². The molecule has 0 saturated carbocycles. The van der Waals surface area contributed by atoms with Crippen molar-refractivity contribution in [1.29, 1.82) is 0 Å². The van der Waals surface area contributed by atoms with Gasteiger partial charge in [0.15, 0.2) is 6.10 Å². The fourth-order valence-electron chi connectivity index (χ4n) is 3.29. The first-order chi connectivity index (χ1) is 13.5. The normalized spacial score (nSPS) is 15.8. The minimum absolute atomic E-state index is 0.114. The Morgan fingerprint density at radius 2 is 1.79 bits per heavy atom. The SMILES string of the molecule is Cc1ccc(OC(C)C(=O)NCc2ccc(CN3CCOCC3)cc2)c(C)c1. The molecule has 150 valence electrons. The third-order valence-electron chi connectivity index (χ3n) is 5.00. The molecule has 2 aromatic rings. The highest BCUT2D eigenvalue weighted by atomic mass is 16.5. The molecule has 3 rings (SSSR count). The van der Waals surface area contributed by atoms with E-state index in [1.54, 1.807) is 6.92 Å². The summed E-state index contributed by atoms with van der Waals surface area (Å²) < 4.78 is 11.2. The Morgan fingerprint density at radius 3 is 2.46 bits per heavy atom. The lowest BCUT2D eigenvalue weighted by Crippen LogP contribution is -2.36. The Bertz CT molecular complexity index is 783. The van der Waals surface area contributed by atoms with Crippen LogP contribution in [0.4, 0.5) is 0 Å². The quantitative estimate of drug-likeness (QED) is 0.799. The summed E-state index contributed by atoms with van der Waals surface area (Å²) in [6, 6.07) is 14.4. The predicted octanol–water partition coefficient (Wildman–Crippen LogP) is 3.22. The lowest BCUT2D eigenvalue weighted by molar-refractivity contribution is -0.127. The molecule has 1 unspecified atom stereocenters. The van der Waals surface area contributed by atoms with E-state index < -0.39 is 6.10 Å². The van der Waals surface area contributed by atoms with Gasteiger partial charge in [-0.25, -0.2) is 0 Å². The number of carbonyl (C=O) groups excluding carboxylic acids is 1. The van der Waals surface area contributed by atoms with Crippen molar-refractivity contribution in [2.75, 3.05) is 26.3 Å². The molecule has 0 aromatic heterocycles. The zero-order valence-electron chi connectivity index (χ0n) is 17.0. The number of amides is 1. The average Bonchev–Trinajstić information content (AvgIpc) is 2.70. The third-order valence-corrected chi connectivity index (χ3v) is 5.00. The fourth-order valence-corrected chi connectivity index (χ4v) is 3.29. The van der Waals surface area contributed by atoms with Crippen molar-refractivity contribution in [3.8, 4) is 5.75 Å². The van der Waals surface area contributed by atoms with Gasteiger partial charge in [-0.3, -0.25) is 9.69 Å². The molecule has 2 aromatic carbocycles. The van der Waals surface area contributed by atoms with Crippen molar-refractivity contribution in [3.63, 3.8) is 0 Å². The second-order valence-corrected chi connectivity index (χ2v) is 7.45.